The van der Waals surface area contributed by atoms with Crippen LogP contribution in [0, 0.1) is 5.92 Å². The second-order valence-electron chi connectivity index (χ2n) is 7.03. The Balaban J connectivity index is 2.19. The first-order chi connectivity index (χ1) is 12.7. The Bertz CT molecular complexity index is 722. The predicted octanol–water partition coefficient (Wildman–Crippen LogP) is 2.57. The minimum Gasteiger partial charge on any atom is -0.496 e. The smallest absolute Gasteiger partial charge is 0.326 e. The largest absolute Gasteiger partial charge is 0.496 e. The highest BCUT2D eigenvalue weighted by atomic mass is 35.5. The summed E-state index contributed by atoms with van der Waals surface area (Å²) in [7, 11) is 1.46. The standard InChI is InChI=1S/C19H25ClN2O5/c1-11(2)9-14(19(25)26)21-17(23)15-5-4-8-22(15)18(24)13-10-12(20)6-7-16(13)27-3/h6-7,10-11,14-15H,4-5,8-9H2,1-3H3,(H,21,23)(H,25,26)/t14-,15?/m1/s1. The lowest BCUT2D eigenvalue weighted by Gasteiger charge is -2.26. The van der Waals surface area contributed by atoms with E-state index in [0.717, 1.165) is 0 Å². The molecular formula is C19H25ClN2O5. The number of nitrogens with one attached hydrogen (secondary N) is 1. The number of ether oxygens (including phenoxy) is 1. The molecule has 2 amide bonds. The number of hydrogen-bond donors (Lipinski definition) is 2. The molecule has 0 aliphatic carbocycles. The quantitative estimate of drug-likeness (QED) is 0.738. The fourth-order valence-corrected chi connectivity index (χ4v) is 3.42. The average molecular weight is 397 g/mol. The van der Waals surface area contributed by atoms with E-state index in [9.17, 15) is 19.5 Å². The van der Waals surface area contributed by atoms with Crippen molar-refractivity contribution in [3.05, 3.63) is 28.8 Å². The summed E-state index contributed by atoms with van der Waals surface area (Å²) in [4.78, 5) is 38.5. The zero-order valence-corrected chi connectivity index (χ0v) is 16.5. The average Bonchev–Trinajstić information content (AvgIpc) is 3.09. The highest BCUT2D eigenvalue weighted by Crippen LogP contribution is 2.27. The number of aliphatic carboxylic acids is 1. The number of hydrogen-bond acceptors (Lipinski definition) is 4. The van der Waals surface area contributed by atoms with Gasteiger partial charge in [0.05, 0.1) is 12.7 Å². The third kappa shape index (κ3) is 5.13. The number of rotatable bonds is 7. The molecule has 0 radical (unpaired) electrons. The van der Waals surface area contributed by atoms with Crippen LogP contribution >= 0.6 is 11.6 Å². The summed E-state index contributed by atoms with van der Waals surface area (Å²) in [6.07, 6.45) is 1.47. The van der Waals surface area contributed by atoms with Gasteiger partial charge in [-0.3, -0.25) is 9.59 Å². The van der Waals surface area contributed by atoms with E-state index in [1.807, 2.05) is 13.8 Å². The molecule has 148 valence electrons. The molecule has 8 heteroatoms. The van der Waals surface area contributed by atoms with E-state index in [1.165, 1.54) is 18.1 Å². The molecule has 1 aromatic rings. The Morgan fingerprint density at radius 2 is 2.07 bits per heavy atom. The molecule has 0 saturated carbocycles. The van der Waals surface area contributed by atoms with E-state index in [1.54, 1.807) is 12.1 Å². The van der Waals surface area contributed by atoms with Crippen LogP contribution < -0.4 is 10.1 Å². The molecule has 1 aromatic carbocycles. The van der Waals surface area contributed by atoms with Gasteiger partial charge in [0.25, 0.3) is 5.91 Å². The maximum Gasteiger partial charge on any atom is 0.326 e. The number of carboxylic acids is 1. The van der Waals surface area contributed by atoms with Crippen molar-refractivity contribution in [3.63, 3.8) is 0 Å². The fraction of sp³-hybridized carbons (Fsp3) is 0.526. The first-order valence-electron chi connectivity index (χ1n) is 8.92. The number of likely N-dealkylation sites (tertiary alicyclic amines) is 1. The third-order valence-corrected chi connectivity index (χ3v) is 4.77. The summed E-state index contributed by atoms with van der Waals surface area (Å²) in [6.45, 7) is 4.19. The summed E-state index contributed by atoms with van der Waals surface area (Å²) in [6, 6.07) is 3.04. The molecule has 1 saturated heterocycles. The number of carbonyl (C=O) groups is 3. The minimum atomic E-state index is -1.08. The first-order valence-corrected chi connectivity index (χ1v) is 9.30. The lowest BCUT2D eigenvalue weighted by molar-refractivity contribution is -0.142. The summed E-state index contributed by atoms with van der Waals surface area (Å²) >= 11 is 6.00. The monoisotopic (exact) mass is 396 g/mol. The second kappa shape index (κ2) is 9.08. The van der Waals surface area contributed by atoms with Crippen LogP contribution in [0.4, 0.5) is 0 Å². The van der Waals surface area contributed by atoms with Crippen LogP contribution in [0.1, 0.15) is 43.5 Å². The van der Waals surface area contributed by atoms with Crippen molar-refractivity contribution in [2.45, 2.75) is 45.2 Å². The van der Waals surface area contributed by atoms with Crippen molar-refractivity contribution in [1.82, 2.24) is 10.2 Å². The van der Waals surface area contributed by atoms with Gasteiger partial charge in [-0.15, -0.1) is 0 Å². The van der Waals surface area contributed by atoms with E-state index in [2.05, 4.69) is 5.32 Å². The summed E-state index contributed by atoms with van der Waals surface area (Å²) in [5.41, 5.74) is 0.279. The Morgan fingerprint density at radius 1 is 1.37 bits per heavy atom. The topological polar surface area (TPSA) is 95.9 Å². The van der Waals surface area contributed by atoms with E-state index in [0.29, 0.717) is 36.6 Å². The molecule has 1 aliphatic rings. The van der Waals surface area contributed by atoms with Crippen molar-refractivity contribution in [3.8, 4) is 5.75 Å². The minimum absolute atomic E-state index is 0.114. The lowest BCUT2D eigenvalue weighted by atomic mass is 10.0. The molecule has 0 aromatic heterocycles. The van der Waals surface area contributed by atoms with E-state index in [-0.39, 0.29) is 17.4 Å². The molecule has 2 atom stereocenters. The van der Waals surface area contributed by atoms with Gasteiger partial charge >= 0.3 is 5.97 Å². The molecule has 0 spiro atoms. The Kier molecular flexibility index (Phi) is 7.07. The van der Waals surface area contributed by atoms with Crippen molar-refractivity contribution in [2.75, 3.05) is 13.7 Å². The number of nitrogens with zero attached hydrogens (tertiary/aromatic N) is 1. The van der Waals surface area contributed by atoms with Crippen molar-refractivity contribution >= 4 is 29.4 Å². The first kappa shape index (κ1) is 21.0. The molecule has 2 N–H and O–H groups in total. The van der Waals surface area contributed by atoms with E-state index in [4.69, 9.17) is 16.3 Å². The summed E-state index contributed by atoms with van der Waals surface area (Å²) in [5, 5.41) is 12.3. The van der Waals surface area contributed by atoms with Gasteiger partial charge in [-0.1, -0.05) is 25.4 Å². The second-order valence-corrected chi connectivity index (χ2v) is 7.47. The van der Waals surface area contributed by atoms with Gasteiger partial charge in [0.15, 0.2) is 0 Å². The van der Waals surface area contributed by atoms with Gasteiger partial charge in [0.2, 0.25) is 5.91 Å². The van der Waals surface area contributed by atoms with E-state index < -0.39 is 24.0 Å². The summed E-state index contributed by atoms with van der Waals surface area (Å²) in [5.74, 6) is -1.40. The van der Waals surface area contributed by atoms with Crippen LogP contribution in [0.15, 0.2) is 18.2 Å². The van der Waals surface area contributed by atoms with Crippen LogP contribution in [0.3, 0.4) is 0 Å². The molecular weight excluding hydrogens is 372 g/mol. The fourth-order valence-electron chi connectivity index (χ4n) is 3.25. The van der Waals surface area contributed by atoms with Gasteiger partial charge in [0, 0.05) is 11.6 Å². The Morgan fingerprint density at radius 3 is 2.67 bits per heavy atom. The third-order valence-electron chi connectivity index (χ3n) is 4.53. The zero-order valence-electron chi connectivity index (χ0n) is 15.7. The van der Waals surface area contributed by atoms with Crippen LogP contribution in [-0.2, 0) is 9.59 Å². The molecule has 1 aliphatic heterocycles. The Hall–Kier alpha value is -2.28. The highest BCUT2D eigenvalue weighted by Gasteiger charge is 2.37. The van der Waals surface area contributed by atoms with Gasteiger partial charge in [-0.2, -0.15) is 0 Å². The molecule has 0 bridgehead atoms. The van der Waals surface area contributed by atoms with Crippen molar-refractivity contribution in [2.24, 2.45) is 5.92 Å². The number of amides is 2. The van der Waals surface area contributed by atoms with Gasteiger partial charge < -0.3 is 20.1 Å². The Labute approximate surface area is 163 Å². The molecule has 27 heavy (non-hydrogen) atoms. The molecule has 1 unspecified atom stereocenters. The number of halogens is 1. The highest BCUT2D eigenvalue weighted by molar-refractivity contribution is 6.31. The molecule has 7 nitrogen and oxygen atoms in total. The van der Waals surface area contributed by atoms with Crippen molar-refractivity contribution < 1.29 is 24.2 Å². The number of benzene rings is 1. The van der Waals surface area contributed by atoms with Crippen LogP contribution in [0.25, 0.3) is 0 Å². The van der Waals surface area contributed by atoms with Crippen LogP contribution in [0.2, 0.25) is 5.02 Å². The number of carboxylic acid groups (broad SMARTS) is 1. The maximum absolute atomic E-state index is 13.0. The van der Waals surface area contributed by atoms with Crippen molar-refractivity contribution in [1.29, 1.82) is 0 Å². The maximum atomic E-state index is 13.0. The van der Waals surface area contributed by atoms with Crippen LogP contribution in [-0.4, -0.2) is 53.5 Å². The van der Waals surface area contributed by atoms with Gasteiger partial charge in [-0.25, -0.2) is 4.79 Å². The zero-order chi connectivity index (χ0) is 20.1. The summed E-state index contributed by atoms with van der Waals surface area (Å²) < 4.78 is 5.23. The normalized spacial score (nSPS) is 17.7. The van der Waals surface area contributed by atoms with Gasteiger partial charge in [0.1, 0.15) is 17.8 Å². The molecule has 2 rings (SSSR count). The predicted molar refractivity (Wildman–Crippen MR) is 101 cm³/mol. The molecule has 1 heterocycles. The number of methoxy groups -OCH3 is 1. The lowest BCUT2D eigenvalue weighted by Crippen LogP contribution is -2.51. The van der Waals surface area contributed by atoms with Crippen LogP contribution in [0.5, 0.6) is 5.75 Å². The molecule has 1 fully saturated rings. The van der Waals surface area contributed by atoms with Gasteiger partial charge in [-0.05, 0) is 43.4 Å². The SMILES string of the molecule is COc1ccc(Cl)cc1C(=O)N1CCCC1C(=O)N[C@H](CC(C)C)C(=O)O. The number of carbonyl (C=O) groups excluding carboxylic acids is 2. The van der Waals surface area contributed by atoms with E-state index >= 15 is 0 Å².